The second-order valence-electron chi connectivity index (χ2n) is 2.70. The average molecular weight is 144 g/mol. The van der Waals surface area contributed by atoms with Crippen LogP contribution < -0.4 is 0 Å². The summed E-state index contributed by atoms with van der Waals surface area (Å²) in [6, 6.07) is 0. The Hall–Kier alpha value is -0.0400. The molecule has 1 saturated heterocycles. The van der Waals surface area contributed by atoms with Crippen LogP contribution in [0.15, 0.2) is 0 Å². The van der Waals surface area contributed by atoms with Crippen molar-refractivity contribution < 1.29 is 4.74 Å². The van der Waals surface area contributed by atoms with Gasteiger partial charge in [0.25, 0.3) is 0 Å². The van der Waals surface area contributed by atoms with Gasteiger partial charge in [-0.3, -0.25) is 0 Å². The summed E-state index contributed by atoms with van der Waals surface area (Å²) in [5.41, 5.74) is 0. The first-order valence-corrected chi connectivity index (χ1v) is 4.44. The summed E-state index contributed by atoms with van der Waals surface area (Å²) in [5, 5.41) is 0. The Labute approximate surface area is 64.8 Å². The van der Waals surface area contributed by atoms with E-state index in [4.69, 9.17) is 4.74 Å². The van der Waals surface area contributed by atoms with Crippen molar-refractivity contribution in [3.8, 4) is 0 Å². The summed E-state index contributed by atoms with van der Waals surface area (Å²) in [4.78, 5) is 0. The van der Waals surface area contributed by atoms with Gasteiger partial charge in [0.2, 0.25) is 0 Å². The van der Waals surface area contributed by atoms with Crippen LogP contribution in [0.2, 0.25) is 0 Å². The summed E-state index contributed by atoms with van der Waals surface area (Å²) in [6.07, 6.45) is 3.20. The number of hydrogen-bond acceptors (Lipinski definition) is 1. The highest BCUT2D eigenvalue weighted by molar-refractivity contribution is 4.70. The molecular formula is C9H20O. The minimum atomic E-state index is 0.630. The monoisotopic (exact) mass is 144 g/mol. The van der Waals surface area contributed by atoms with Gasteiger partial charge in [0.15, 0.2) is 0 Å². The van der Waals surface area contributed by atoms with Crippen LogP contribution in [0.4, 0.5) is 0 Å². The van der Waals surface area contributed by atoms with E-state index in [-0.39, 0.29) is 0 Å². The summed E-state index contributed by atoms with van der Waals surface area (Å²) in [7, 11) is 0. The second-order valence-corrected chi connectivity index (χ2v) is 2.70. The van der Waals surface area contributed by atoms with Crippen molar-refractivity contribution in [1.29, 1.82) is 0 Å². The Kier molecular flexibility index (Phi) is 5.70. The zero-order valence-corrected chi connectivity index (χ0v) is 7.68. The molecule has 1 rings (SSSR count). The van der Waals surface area contributed by atoms with Gasteiger partial charge in [-0.05, 0) is 12.3 Å². The molecule has 1 aliphatic rings. The fraction of sp³-hybridized carbons (Fsp3) is 1.00. The van der Waals surface area contributed by atoms with E-state index >= 15 is 0 Å². The van der Waals surface area contributed by atoms with E-state index in [0.717, 1.165) is 12.5 Å². The van der Waals surface area contributed by atoms with Gasteiger partial charge in [0.05, 0.1) is 12.7 Å². The zero-order valence-electron chi connectivity index (χ0n) is 7.68. The van der Waals surface area contributed by atoms with E-state index in [1.807, 2.05) is 13.8 Å². The van der Waals surface area contributed by atoms with Crippen molar-refractivity contribution in [2.75, 3.05) is 6.61 Å². The van der Waals surface area contributed by atoms with Gasteiger partial charge in [-0.25, -0.2) is 0 Å². The number of rotatable bonds is 3. The van der Waals surface area contributed by atoms with E-state index in [9.17, 15) is 0 Å². The van der Waals surface area contributed by atoms with Gasteiger partial charge in [-0.1, -0.05) is 34.1 Å². The molecule has 1 fully saturated rings. The molecule has 0 bridgehead atoms. The first-order valence-electron chi connectivity index (χ1n) is 4.44. The number of hydrogen-bond donors (Lipinski definition) is 0. The molecule has 0 aromatic rings. The van der Waals surface area contributed by atoms with Gasteiger partial charge in [0, 0.05) is 0 Å². The molecule has 0 aliphatic carbocycles. The maximum atomic E-state index is 5.08. The van der Waals surface area contributed by atoms with Crippen LogP contribution >= 0.6 is 0 Å². The first kappa shape index (κ1) is 9.96. The molecule has 2 unspecified atom stereocenters. The van der Waals surface area contributed by atoms with Crippen molar-refractivity contribution in [2.45, 2.75) is 46.6 Å². The van der Waals surface area contributed by atoms with E-state index in [1.165, 1.54) is 12.8 Å². The summed E-state index contributed by atoms with van der Waals surface area (Å²) in [5.74, 6) is 0.863. The van der Waals surface area contributed by atoms with Crippen molar-refractivity contribution in [1.82, 2.24) is 0 Å². The normalized spacial score (nSPS) is 24.6. The minimum absolute atomic E-state index is 0.630. The maximum absolute atomic E-state index is 5.08. The van der Waals surface area contributed by atoms with Crippen LogP contribution in [0.3, 0.4) is 0 Å². The van der Waals surface area contributed by atoms with Crippen LogP contribution in [0, 0.1) is 5.92 Å². The fourth-order valence-corrected chi connectivity index (χ4v) is 0.820. The Morgan fingerprint density at radius 2 is 2.00 bits per heavy atom. The molecule has 0 N–H and O–H groups in total. The van der Waals surface area contributed by atoms with Crippen LogP contribution in [-0.4, -0.2) is 12.7 Å². The Morgan fingerprint density at radius 1 is 1.50 bits per heavy atom. The van der Waals surface area contributed by atoms with Gasteiger partial charge in [-0.15, -0.1) is 0 Å². The van der Waals surface area contributed by atoms with Gasteiger partial charge in [0.1, 0.15) is 0 Å². The lowest BCUT2D eigenvalue weighted by atomic mass is 10.0. The molecule has 62 valence electrons. The lowest BCUT2D eigenvalue weighted by Crippen LogP contribution is -1.96. The molecule has 2 atom stereocenters. The van der Waals surface area contributed by atoms with Gasteiger partial charge < -0.3 is 4.74 Å². The highest BCUT2D eigenvalue weighted by atomic mass is 16.6. The predicted octanol–water partition coefficient (Wildman–Crippen LogP) is 2.85. The van der Waals surface area contributed by atoms with Crippen molar-refractivity contribution in [3.63, 3.8) is 0 Å². The first-order chi connectivity index (χ1) is 4.83. The number of epoxide rings is 1. The number of ether oxygens (including phenoxy) is 1. The van der Waals surface area contributed by atoms with Gasteiger partial charge in [-0.2, -0.15) is 0 Å². The van der Waals surface area contributed by atoms with Crippen LogP contribution in [-0.2, 0) is 4.74 Å². The summed E-state index contributed by atoms with van der Waals surface area (Å²) in [6.45, 7) is 9.53. The Balaban J connectivity index is 0.000000371. The average Bonchev–Trinajstić information content (AvgIpc) is 2.76. The molecule has 0 saturated carbocycles. The van der Waals surface area contributed by atoms with E-state index in [0.29, 0.717) is 6.10 Å². The third-order valence-electron chi connectivity index (χ3n) is 1.76. The summed E-state index contributed by atoms with van der Waals surface area (Å²) < 4.78 is 5.08. The lowest BCUT2D eigenvalue weighted by molar-refractivity contribution is 0.358. The van der Waals surface area contributed by atoms with Crippen molar-refractivity contribution in [3.05, 3.63) is 0 Å². The molecule has 0 aromatic carbocycles. The molecular weight excluding hydrogens is 124 g/mol. The topological polar surface area (TPSA) is 12.5 Å². The van der Waals surface area contributed by atoms with E-state index < -0.39 is 0 Å². The molecule has 1 heterocycles. The van der Waals surface area contributed by atoms with E-state index in [2.05, 4.69) is 13.8 Å². The molecule has 0 amide bonds. The zero-order chi connectivity index (χ0) is 7.98. The second kappa shape index (κ2) is 5.72. The van der Waals surface area contributed by atoms with Crippen LogP contribution in [0.25, 0.3) is 0 Å². The fourth-order valence-electron chi connectivity index (χ4n) is 0.820. The molecule has 0 aromatic heterocycles. The SMILES string of the molecule is CC.CCC(C)CC1CO1. The van der Waals surface area contributed by atoms with Gasteiger partial charge >= 0.3 is 0 Å². The third kappa shape index (κ3) is 4.80. The molecule has 1 heteroatoms. The quantitative estimate of drug-likeness (QED) is 0.555. The highest BCUT2D eigenvalue weighted by Gasteiger charge is 2.23. The van der Waals surface area contributed by atoms with Crippen molar-refractivity contribution in [2.24, 2.45) is 5.92 Å². The molecule has 1 nitrogen and oxygen atoms in total. The molecule has 1 aliphatic heterocycles. The molecule has 0 radical (unpaired) electrons. The highest BCUT2D eigenvalue weighted by Crippen LogP contribution is 2.20. The largest absolute Gasteiger partial charge is 0.373 e. The lowest BCUT2D eigenvalue weighted by Gasteiger charge is -2.02. The minimum Gasteiger partial charge on any atom is -0.373 e. The standard InChI is InChI=1S/C7H14O.C2H6/c1-3-6(2)4-7-5-8-7;1-2/h6-7H,3-5H2,1-2H3;1-2H3. The Morgan fingerprint density at radius 3 is 2.30 bits per heavy atom. The Bertz CT molecular complexity index is 67.1. The predicted molar refractivity (Wildman–Crippen MR) is 45.2 cm³/mol. The van der Waals surface area contributed by atoms with Crippen molar-refractivity contribution >= 4 is 0 Å². The third-order valence-corrected chi connectivity index (χ3v) is 1.76. The molecule has 0 spiro atoms. The maximum Gasteiger partial charge on any atom is 0.0812 e. The van der Waals surface area contributed by atoms with Crippen LogP contribution in [0.5, 0.6) is 0 Å². The van der Waals surface area contributed by atoms with Crippen LogP contribution in [0.1, 0.15) is 40.5 Å². The van der Waals surface area contributed by atoms with E-state index in [1.54, 1.807) is 0 Å². The summed E-state index contributed by atoms with van der Waals surface area (Å²) >= 11 is 0. The molecule has 10 heavy (non-hydrogen) atoms. The smallest absolute Gasteiger partial charge is 0.0812 e.